The van der Waals surface area contributed by atoms with Crippen molar-refractivity contribution in [3.63, 3.8) is 0 Å². The van der Waals surface area contributed by atoms with Gasteiger partial charge >= 0.3 is 5.97 Å². The maximum absolute atomic E-state index is 12.2. The molecular weight excluding hydrogens is 248 g/mol. The lowest BCUT2D eigenvalue weighted by atomic mass is 10.1. The lowest BCUT2D eigenvalue weighted by molar-refractivity contribution is -0.124. The molecule has 1 saturated heterocycles. The van der Waals surface area contributed by atoms with Crippen molar-refractivity contribution in [3.05, 3.63) is 29.8 Å². The van der Waals surface area contributed by atoms with E-state index in [0.717, 1.165) is 0 Å². The van der Waals surface area contributed by atoms with Crippen molar-refractivity contribution >= 4 is 23.5 Å². The summed E-state index contributed by atoms with van der Waals surface area (Å²) in [4.78, 5) is 35.7. The predicted molar refractivity (Wildman–Crippen MR) is 67.9 cm³/mol. The van der Waals surface area contributed by atoms with Crippen LogP contribution < -0.4 is 10.2 Å². The number of hydrogen-bond acceptors (Lipinski definition) is 3. The van der Waals surface area contributed by atoms with Crippen LogP contribution in [0.1, 0.15) is 16.8 Å². The topological polar surface area (TPSA) is 86.7 Å². The number of hydrogen-bond donors (Lipinski definition) is 2. The van der Waals surface area contributed by atoms with Gasteiger partial charge in [0.1, 0.15) is 0 Å². The van der Waals surface area contributed by atoms with E-state index in [-0.39, 0.29) is 23.8 Å². The molecule has 1 fully saturated rings. The summed E-state index contributed by atoms with van der Waals surface area (Å²) in [5, 5.41) is 11.7. The molecule has 2 N–H and O–H groups in total. The van der Waals surface area contributed by atoms with Crippen LogP contribution in [0.3, 0.4) is 0 Å². The number of carbonyl (C=O) groups excluding carboxylic acids is 2. The molecule has 1 aliphatic heterocycles. The fourth-order valence-corrected chi connectivity index (χ4v) is 2.12. The minimum Gasteiger partial charge on any atom is -0.478 e. The van der Waals surface area contributed by atoms with Gasteiger partial charge < -0.3 is 15.3 Å². The zero-order valence-corrected chi connectivity index (χ0v) is 10.4. The van der Waals surface area contributed by atoms with Crippen LogP contribution in [0.4, 0.5) is 5.69 Å². The van der Waals surface area contributed by atoms with Crippen molar-refractivity contribution in [3.8, 4) is 0 Å². The van der Waals surface area contributed by atoms with E-state index in [1.54, 1.807) is 18.2 Å². The molecule has 1 heterocycles. The molecule has 1 unspecified atom stereocenters. The van der Waals surface area contributed by atoms with E-state index in [1.807, 2.05) is 0 Å². The quantitative estimate of drug-likeness (QED) is 0.829. The summed E-state index contributed by atoms with van der Waals surface area (Å²) in [5.41, 5.74) is 0.398. The number of amides is 2. The number of nitrogens with zero attached hydrogens (tertiary/aromatic N) is 1. The van der Waals surface area contributed by atoms with Gasteiger partial charge in [-0.15, -0.1) is 0 Å². The van der Waals surface area contributed by atoms with Gasteiger partial charge in [-0.1, -0.05) is 12.1 Å². The maximum Gasteiger partial charge on any atom is 0.337 e. The molecule has 0 spiro atoms. The highest BCUT2D eigenvalue weighted by Gasteiger charge is 2.31. The normalized spacial score (nSPS) is 17.9. The lowest BCUT2D eigenvalue weighted by Gasteiger charge is -2.21. The Hall–Kier alpha value is -2.37. The van der Waals surface area contributed by atoms with Crippen LogP contribution in [0.2, 0.25) is 0 Å². The highest BCUT2D eigenvalue weighted by molar-refractivity contribution is 6.03. The van der Waals surface area contributed by atoms with Crippen LogP contribution in [-0.4, -0.2) is 36.5 Å². The van der Waals surface area contributed by atoms with Crippen molar-refractivity contribution in [1.29, 1.82) is 0 Å². The number of benzene rings is 1. The van der Waals surface area contributed by atoms with Crippen LogP contribution in [0.25, 0.3) is 0 Å². The monoisotopic (exact) mass is 262 g/mol. The van der Waals surface area contributed by atoms with Crippen molar-refractivity contribution < 1.29 is 19.5 Å². The van der Waals surface area contributed by atoms with E-state index in [4.69, 9.17) is 5.11 Å². The van der Waals surface area contributed by atoms with Gasteiger partial charge in [-0.05, 0) is 12.1 Å². The fraction of sp³-hybridized carbons (Fsp3) is 0.308. The first-order valence-corrected chi connectivity index (χ1v) is 5.87. The molecule has 1 atom stereocenters. The summed E-state index contributed by atoms with van der Waals surface area (Å²) in [7, 11) is 1.52. The van der Waals surface area contributed by atoms with Crippen molar-refractivity contribution in [2.75, 3.05) is 18.5 Å². The Kier molecular flexibility index (Phi) is 3.50. The zero-order chi connectivity index (χ0) is 14.0. The molecule has 1 aromatic rings. The standard InChI is InChI=1S/C13H14N2O4/c1-15(12(17)8-6-11(16)14-7-8)10-5-3-2-4-9(10)13(18)19/h2-5,8H,6-7H2,1H3,(H,14,16)(H,18,19). The van der Waals surface area contributed by atoms with E-state index in [9.17, 15) is 14.4 Å². The second kappa shape index (κ2) is 5.09. The average molecular weight is 262 g/mol. The molecule has 19 heavy (non-hydrogen) atoms. The molecule has 6 heteroatoms. The highest BCUT2D eigenvalue weighted by Crippen LogP contribution is 2.22. The Bertz CT molecular complexity index is 541. The molecule has 6 nitrogen and oxygen atoms in total. The molecule has 0 radical (unpaired) electrons. The van der Waals surface area contributed by atoms with Gasteiger partial charge in [0.05, 0.1) is 17.2 Å². The summed E-state index contributed by atoms with van der Waals surface area (Å²) < 4.78 is 0. The van der Waals surface area contributed by atoms with Gasteiger partial charge in [0.15, 0.2) is 0 Å². The van der Waals surface area contributed by atoms with Gasteiger partial charge in [-0.3, -0.25) is 9.59 Å². The Morgan fingerprint density at radius 3 is 2.63 bits per heavy atom. The van der Waals surface area contributed by atoms with E-state index in [1.165, 1.54) is 18.0 Å². The number of carbonyl (C=O) groups is 3. The van der Waals surface area contributed by atoms with Gasteiger partial charge in [-0.2, -0.15) is 0 Å². The van der Waals surface area contributed by atoms with Crippen LogP contribution >= 0.6 is 0 Å². The Labute approximate surface area is 110 Å². The smallest absolute Gasteiger partial charge is 0.337 e. The molecule has 0 aromatic heterocycles. The van der Waals surface area contributed by atoms with Gasteiger partial charge in [-0.25, -0.2) is 4.79 Å². The number of rotatable bonds is 3. The first kappa shape index (κ1) is 13.1. The van der Waals surface area contributed by atoms with Crippen LogP contribution in [-0.2, 0) is 9.59 Å². The SMILES string of the molecule is CN(C(=O)C1CNC(=O)C1)c1ccccc1C(=O)O. The minimum atomic E-state index is -1.09. The Morgan fingerprint density at radius 2 is 2.05 bits per heavy atom. The predicted octanol–water partition coefficient (Wildman–Crippen LogP) is 0.484. The minimum absolute atomic E-state index is 0.0654. The summed E-state index contributed by atoms with van der Waals surface area (Å²) >= 11 is 0. The molecule has 100 valence electrons. The molecule has 0 aliphatic carbocycles. The first-order valence-electron chi connectivity index (χ1n) is 5.87. The van der Waals surface area contributed by atoms with Gasteiger partial charge in [0, 0.05) is 20.0 Å². The number of carboxylic acid groups (broad SMARTS) is 1. The van der Waals surface area contributed by atoms with E-state index >= 15 is 0 Å². The largest absolute Gasteiger partial charge is 0.478 e. The molecule has 2 amide bonds. The Morgan fingerprint density at radius 1 is 1.37 bits per heavy atom. The zero-order valence-electron chi connectivity index (χ0n) is 10.4. The van der Waals surface area contributed by atoms with E-state index in [2.05, 4.69) is 5.32 Å². The summed E-state index contributed by atoms with van der Waals surface area (Å²) in [6.07, 6.45) is 0.151. The third kappa shape index (κ3) is 2.57. The Balaban J connectivity index is 2.24. The van der Waals surface area contributed by atoms with E-state index < -0.39 is 11.9 Å². The highest BCUT2D eigenvalue weighted by atomic mass is 16.4. The van der Waals surface area contributed by atoms with Gasteiger partial charge in [0.25, 0.3) is 0 Å². The molecule has 2 rings (SSSR count). The molecule has 1 aromatic carbocycles. The summed E-state index contributed by atoms with van der Waals surface area (Å²) in [6.45, 7) is 0.303. The summed E-state index contributed by atoms with van der Waals surface area (Å²) in [5.74, 6) is -1.93. The molecule has 1 aliphatic rings. The fourth-order valence-electron chi connectivity index (χ4n) is 2.12. The van der Waals surface area contributed by atoms with E-state index in [0.29, 0.717) is 12.2 Å². The van der Waals surface area contributed by atoms with Crippen LogP contribution in [0.15, 0.2) is 24.3 Å². The first-order chi connectivity index (χ1) is 9.00. The van der Waals surface area contributed by atoms with Gasteiger partial charge in [0.2, 0.25) is 11.8 Å². The average Bonchev–Trinajstić information content (AvgIpc) is 2.83. The number of nitrogens with one attached hydrogen (secondary N) is 1. The molecular formula is C13H14N2O4. The van der Waals surface area contributed by atoms with Crippen molar-refractivity contribution in [2.24, 2.45) is 5.92 Å². The summed E-state index contributed by atoms with van der Waals surface area (Å²) in [6, 6.07) is 6.29. The number of carboxylic acids is 1. The molecule has 0 bridgehead atoms. The van der Waals surface area contributed by atoms with Crippen LogP contribution in [0, 0.1) is 5.92 Å². The second-order valence-corrected chi connectivity index (χ2v) is 4.42. The maximum atomic E-state index is 12.2. The number of aromatic carboxylic acids is 1. The lowest BCUT2D eigenvalue weighted by Crippen LogP contribution is -2.34. The van der Waals surface area contributed by atoms with Crippen LogP contribution in [0.5, 0.6) is 0 Å². The third-order valence-corrected chi connectivity index (χ3v) is 3.15. The third-order valence-electron chi connectivity index (χ3n) is 3.15. The second-order valence-electron chi connectivity index (χ2n) is 4.42. The number of para-hydroxylation sites is 1. The number of anilines is 1. The van der Waals surface area contributed by atoms with Crippen molar-refractivity contribution in [1.82, 2.24) is 5.32 Å². The van der Waals surface area contributed by atoms with Crippen molar-refractivity contribution in [2.45, 2.75) is 6.42 Å². The molecule has 0 saturated carbocycles.